The predicted octanol–water partition coefficient (Wildman–Crippen LogP) is 1.61. The molecule has 2 aliphatic heterocycles. The number of carbonyl (C=O) groups excluding carboxylic acids is 1. The zero-order valence-corrected chi connectivity index (χ0v) is 13.6. The van der Waals surface area contributed by atoms with Crippen molar-refractivity contribution < 1.29 is 9.18 Å². The quantitative estimate of drug-likeness (QED) is 0.662. The van der Waals surface area contributed by atoms with Crippen molar-refractivity contribution >= 4 is 11.7 Å². The third kappa shape index (κ3) is 2.80. The minimum absolute atomic E-state index is 0.190. The smallest absolute Gasteiger partial charge is 0.246 e. The molecule has 0 radical (unpaired) electrons. The number of amides is 1. The van der Waals surface area contributed by atoms with Crippen molar-refractivity contribution in [3.05, 3.63) is 36.2 Å². The first-order chi connectivity index (χ1) is 11.5. The molecule has 7 heteroatoms. The van der Waals surface area contributed by atoms with Gasteiger partial charge in [0.1, 0.15) is 18.0 Å². The van der Waals surface area contributed by atoms with Gasteiger partial charge in [0.05, 0.1) is 0 Å². The van der Waals surface area contributed by atoms with Gasteiger partial charge in [-0.15, -0.1) is 0 Å². The van der Waals surface area contributed by atoms with Crippen LogP contribution in [0.4, 0.5) is 4.39 Å². The molecule has 1 aromatic rings. The highest BCUT2D eigenvalue weighted by Crippen LogP contribution is 2.25. The molecule has 0 aromatic carbocycles. The molecule has 1 saturated heterocycles. The number of nitrogens with zero attached hydrogens (tertiary/aromatic N) is 4. The number of hydrogen-bond acceptors (Lipinski definition) is 3. The van der Waals surface area contributed by atoms with Gasteiger partial charge in [0.2, 0.25) is 5.91 Å². The Morgan fingerprint density at radius 2 is 2.42 bits per heavy atom. The zero-order chi connectivity index (χ0) is 17.3. The van der Waals surface area contributed by atoms with Crippen molar-refractivity contribution in [3.8, 4) is 6.19 Å². The number of nitrogens with one attached hydrogen (secondary N) is 1. The number of amidine groups is 1. The molecule has 0 aliphatic carbocycles. The van der Waals surface area contributed by atoms with E-state index in [1.165, 1.54) is 11.0 Å². The van der Waals surface area contributed by atoms with Crippen LogP contribution in [0.3, 0.4) is 0 Å². The fourth-order valence-corrected chi connectivity index (χ4v) is 3.34. The van der Waals surface area contributed by atoms with E-state index in [1.54, 1.807) is 11.1 Å². The largest absolute Gasteiger partial charge is 0.364 e. The molecule has 24 heavy (non-hydrogen) atoms. The second-order valence-corrected chi connectivity index (χ2v) is 6.19. The van der Waals surface area contributed by atoms with Crippen molar-refractivity contribution in [2.45, 2.75) is 38.0 Å². The molecule has 0 unspecified atom stereocenters. The lowest BCUT2D eigenvalue weighted by Crippen LogP contribution is -2.52. The van der Waals surface area contributed by atoms with E-state index >= 15 is 0 Å². The summed E-state index contributed by atoms with van der Waals surface area (Å²) in [5.41, 5.74) is 1.83. The number of aliphatic imine (C=N–C) groups is 1. The van der Waals surface area contributed by atoms with Crippen molar-refractivity contribution in [1.82, 2.24) is 14.8 Å². The number of nitriles is 1. The lowest BCUT2D eigenvalue weighted by atomic mass is 9.97. The predicted molar refractivity (Wildman–Crippen MR) is 88.0 cm³/mol. The van der Waals surface area contributed by atoms with E-state index in [4.69, 9.17) is 0 Å². The Balaban J connectivity index is 1.93. The number of piperidine rings is 1. The summed E-state index contributed by atoms with van der Waals surface area (Å²) >= 11 is 0. The first-order valence-electron chi connectivity index (χ1n) is 8.04. The van der Waals surface area contributed by atoms with E-state index in [2.05, 4.69) is 22.7 Å². The monoisotopic (exact) mass is 329 g/mol. The number of hydrogen-bond donors (Lipinski definition) is 1. The minimum Gasteiger partial charge on any atom is -0.364 e. The lowest BCUT2D eigenvalue weighted by Gasteiger charge is -2.38. The normalized spacial score (nSPS) is 28.4. The first kappa shape index (κ1) is 16.2. The molecule has 1 N–H and O–H groups in total. The summed E-state index contributed by atoms with van der Waals surface area (Å²) in [7, 11) is 0. The Morgan fingerprint density at radius 3 is 3.12 bits per heavy atom. The molecule has 3 heterocycles. The Hall–Kier alpha value is -2.62. The zero-order valence-electron chi connectivity index (χ0n) is 13.6. The van der Waals surface area contributed by atoms with Gasteiger partial charge in [-0.25, -0.2) is 4.39 Å². The number of halogens is 1. The topological polar surface area (TPSA) is 75.5 Å². The van der Waals surface area contributed by atoms with E-state index in [0.717, 1.165) is 17.7 Å². The second kappa shape index (κ2) is 6.48. The molecular weight excluding hydrogens is 309 g/mol. The van der Waals surface area contributed by atoms with Gasteiger partial charge in [-0.2, -0.15) is 5.26 Å². The molecule has 3 rings (SSSR count). The van der Waals surface area contributed by atoms with Gasteiger partial charge in [0, 0.05) is 49.4 Å². The van der Waals surface area contributed by atoms with Crippen LogP contribution in [0, 0.1) is 11.5 Å². The Bertz CT molecular complexity index is 719. The van der Waals surface area contributed by atoms with Gasteiger partial charge in [-0.3, -0.25) is 14.7 Å². The maximum absolute atomic E-state index is 14.5. The van der Waals surface area contributed by atoms with Crippen molar-refractivity contribution in [1.29, 1.82) is 5.26 Å². The van der Waals surface area contributed by atoms with Crippen LogP contribution in [0.1, 0.15) is 24.6 Å². The molecule has 126 valence electrons. The van der Waals surface area contributed by atoms with Gasteiger partial charge in [-0.05, 0) is 19.1 Å². The van der Waals surface area contributed by atoms with Crippen molar-refractivity contribution in [2.75, 3.05) is 13.1 Å². The van der Waals surface area contributed by atoms with Crippen LogP contribution in [-0.2, 0) is 11.2 Å². The van der Waals surface area contributed by atoms with E-state index in [0.29, 0.717) is 12.4 Å². The van der Waals surface area contributed by atoms with E-state index in [-0.39, 0.29) is 24.9 Å². The molecule has 3 atom stereocenters. The number of alkyl halides is 1. The van der Waals surface area contributed by atoms with Gasteiger partial charge in [0.15, 0.2) is 6.19 Å². The number of H-pyrrole nitrogens is 1. The molecular formula is C17H20FN5O. The summed E-state index contributed by atoms with van der Waals surface area (Å²) in [6.07, 6.45) is 4.95. The van der Waals surface area contributed by atoms with Crippen LogP contribution in [0.5, 0.6) is 0 Å². The average molecular weight is 329 g/mol. The molecule has 1 fully saturated rings. The number of rotatable bonds is 2. The third-order valence-corrected chi connectivity index (χ3v) is 4.68. The molecule has 0 spiro atoms. The van der Waals surface area contributed by atoms with Gasteiger partial charge < -0.3 is 9.88 Å². The number of carbonyl (C=O) groups is 1. The molecule has 0 saturated carbocycles. The number of fused-ring (bicyclic) bond motifs is 1. The van der Waals surface area contributed by atoms with Gasteiger partial charge in [0.25, 0.3) is 0 Å². The molecule has 1 aromatic heterocycles. The minimum atomic E-state index is -1.15. The fourth-order valence-electron chi connectivity index (χ4n) is 3.34. The van der Waals surface area contributed by atoms with E-state index in [9.17, 15) is 14.4 Å². The third-order valence-electron chi connectivity index (χ3n) is 4.68. The average Bonchev–Trinajstić information content (AvgIpc) is 3.05. The van der Waals surface area contributed by atoms with Crippen molar-refractivity contribution in [3.63, 3.8) is 0 Å². The summed E-state index contributed by atoms with van der Waals surface area (Å²) < 4.78 is 14.5. The Morgan fingerprint density at radius 1 is 1.62 bits per heavy atom. The molecule has 6 nitrogen and oxygen atoms in total. The van der Waals surface area contributed by atoms with Crippen LogP contribution in [0.15, 0.2) is 29.9 Å². The lowest BCUT2D eigenvalue weighted by molar-refractivity contribution is -0.130. The maximum atomic E-state index is 14.5. The van der Waals surface area contributed by atoms with Crippen molar-refractivity contribution in [2.24, 2.45) is 4.99 Å². The molecule has 1 amide bonds. The summed E-state index contributed by atoms with van der Waals surface area (Å²) in [6, 6.07) is 0.975. The van der Waals surface area contributed by atoms with Crippen LogP contribution in [0.25, 0.3) is 0 Å². The van der Waals surface area contributed by atoms with Crippen LogP contribution >= 0.6 is 0 Å². The molecule has 2 aliphatic rings. The highest BCUT2D eigenvalue weighted by molar-refractivity contribution is 6.01. The molecule has 0 bridgehead atoms. The van der Waals surface area contributed by atoms with Crippen LogP contribution in [0.2, 0.25) is 0 Å². The maximum Gasteiger partial charge on any atom is 0.246 e. The number of aromatic nitrogens is 1. The van der Waals surface area contributed by atoms with Crippen LogP contribution in [-0.4, -0.2) is 57.9 Å². The Kier molecular flexibility index (Phi) is 4.38. The second-order valence-electron chi connectivity index (χ2n) is 6.19. The highest BCUT2D eigenvalue weighted by atomic mass is 19.1. The summed E-state index contributed by atoms with van der Waals surface area (Å²) in [5, 5.41) is 9.35. The van der Waals surface area contributed by atoms with Gasteiger partial charge in [-0.1, -0.05) is 6.58 Å². The van der Waals surface area contributed by atoms with E-state index < -0.39 is 12.2 Å². The first-order valence-corrected chi connectivity index (χ1v) is 8.04. The number of likely N-dealkylation sites (tertiary alicyclic amines) is 1. The van der Waals surface area contributed by atoms with Crippen LogP contribution < -0.4 is 0 Å². The summed E-state index contributed by atoms with van der Waals surface area (Å²) in [5.74, 6) is 0.260. The van der Waals surface area contributed by atoms with Gasteiger partial charge >= 0.3 is 0 Å². The standard InChI is InChI=1S/C17H20FN5O/c1-3-16(24)23-9-15(13(18)8-11(23)2)21-17-12-4-6-20-14(12)5-7-22(17)10-19/h3-4,6,11,13,15,20H,1,5,7-9H2,2H3/t11-,13-,15-/m0/s1. The number of aromatic amines is 1. The summed E-state index contributed by atoms with van der Waals surface area (Å²) in [4.78, 5) is 22.7. The van der Waals surface area contributed by atoms with E-state index in [1.807, 2.05) is 13.0 Å². The highest BCUT2D eigenvalue weighted by Gasteiger charge is 2.36. The Labute approximate surface area is 140 Å². The summed E-state index contributed by atoms with van der Waals surface area (Å²) in [6.45, 7) is 6.03. The fraction of sp³-hybridized carbons (Fsp3) is 0.471. The SMILES string of the molecule is C=CC(=O)N1C[C@H](N=C2c3cc[nH]c3CCN2C#N)[C@@H](F)C[C@@H]1C.